The predicted octanol–water partition coefficient (Wildman–Crippen LogP) is 4.81. The second kappa shape index (κ2) is 10.5. The monoisotopic (exact) mass is 453 g/mol. The number of hydrogen-bond donors (Lipinski definition) is 2. The molecular formula is C22H21ClFN7O. The molecule has 0 saturated carbocycles. The number of nitrogens with one attached hydrogen (secondary N) is 2. The van der Waals surface area contributed by atoms with Gasteiger partial charge in [0.05, 0.1) is 25.0 Å². The standard InChI is InChI=1S/C22H20FN7O.ClH/c1-14(15-3-6-17(23)7-4-15)27-22-28-18(16-5-8-21(31-2)26-12-16)11-19(30-22)29-20-13-24-9-10-25-20;/h3-14H,1-2H3,(H2,25,27,28,29,30);1H/t14-;/m0./s1. The lowest BCUT2D eigenvalue weighted by Crippen LogP contribution is -2.11. The zero-order valence-electron chi connectivity index (χ0n) is 17.4. The highest BCUT2D eigenvalue weighted by Crippen LogP contribution is 2.25. The van der Waals surface area contributed by atoms with Crippen molar-refractivity contribution in [1.82, 2.24) is 24.9 Å². The fourth-order valence-corrected chi connectivity index (χ4v) is 2.90. The molecule has 0 aliphatic rings. The van der Waals surface area contributed by atoms with Crippen LogP contribution in [0.5, 0.6) is 5.88 Å². The van der Waals surface area contributed by atoms with Crippen LogP contribution >= 0.6 is 12.4 Å². The molecular weight excluding hydrogens is 433 g/mol. The molecule has 0 unspecified atom stereocenters. The van der Waals surface area contributed by atoms with E-state index in [1.165, 1.54) is 12.1 Å². The molecule has 4 rings (SSSR count). The maximum Gasteiger partial charge on any atom is 0.225 e. The molecule has 4 aromatic rings. The molecule has 2 N–H and O–H groups in total. The van der Waals surface area contributed by atoms with Crippen LogP contribution in [0.1, 0.15) is 18.5 Å². The Morgan fingerprint density at radius 3 is 2.41 bits per heavy atom. The van der Waals surface area contributed by atoms with Crippen LogP contribution in [0.4, 0.5) is 22.0 Å². The molecule has 164 valence electrons. The Bertz CT molecular complexity index is 1150. The van der Waals surface area contributed by atoms with E-state index in [4.69, 9.17) is 4.74 Å². The van der Waals surface area contributed by atoms with Crippen molar-refractivity contribution in [3.63, 3.8) is 0 Å². The lowest BCUT2D eigenvalue weighted by atomic mass is 10.1. The van der Waals surface area contributed by atoms with Gasteiger partial charge < -0.3 is 15.4 Å². The maximum atomic E-state index is 13.3. The number of hydrogen-bond acceptors (Lipinski definition) is 8. The number of pyridine rings is 1. The van der Waals surface area contributed by atoms with Crippen LogP contribution in [0.25, 0.3) is 11.3 Å². The Hall–Kier alpha value is -3.85. The number of ether oxygens (including phenoxy) is 1. The number of anilines is 3. The second-order valence-corrected chi connectivity index (χ2v) is 6.68. The average molecular weight is 454 g/mol. The predicted molar refractivity (Wildman–Crippen MR) is 123 cm³/mol. The quantitative estimate of drug-likeness (QED) is 0.411. The van der Waals surface area contributed by atoms with E-state index in [-0.39, 0.29) is 24.3 Å². The molecule has 0 fully saturated rings. The second-order valence-electron chi connectivity index (χ2n) is 6.68. The van der Waals surface area contributed by atoms with Gasteiger partial charge in [-0.05, 0) is 30.7 Å². The molecule has 1 atom stereocenters. The number of halogens is 2. The van der Waals surface area contributed by atoms with E-state index in [0.717, 1.165) is 11.1 Å². The van der Waals surface area contributed by atoms with Crippen molar-refractivity contribution in [2.75, 3.05) is 17.7 Å². The minimum atomic E-state index is -0.281. The number of nitrogens with zero attached hydrogens (tertiary/aromatic N) is 5. The SMILES string of the molecule is COc1ccc(-c2cc(Nc3cnccn3)nc(N[C@@H](C)c3ccc(F)cc3)n2)cn1.Cl. The summed E-state index contributed by atoms with van der Waals surface area (Å²) in [4.78, 5) is 21.7. The van der Waals surface area contributed by atoms with Gasteiger partial charge >= 0.3 is 0 Å². The summed E-state index contributed by atoms with van der Waals surface area (Å²) in [5.41, 5.74) is 2.36. The highest BCUT2D eigenvalue weighted by atomic mass is 35.5. The summed E-state index contributed by atoms with van der Waals surface area (Å²) >= 11 is 0. The van der Waals surface area contributed by atoms with Gasteiger partial charge in [-0.1, -0.05) is 12.1 Å². The molecule has 10 heteroatoms. The van der Waals surface area contributed by atoms with E-state index < -0.39 is 0 Å². The Morgan fingerprint density at radius 2 is 1.75 bits per heavy atom. The maximum absolute atomic E-state index is 13.3. The van der Waals surface area contributed by atoms with Gasteiger partial charge in [0.2, 0.25) is 11.8 Å². The van der Waals surface area contributed by atoms with E-state index in [1.54, 1.807) is 56.2 Å². The number of methoxy groups -OCH3 is 1. The third-order valence-corrected chi connectivity index (χ3v) is 4.50. The normalized spacial score (nSPS) is 11.2. The Kier molecular flexibility index (Phi) is 7.45. The molecule has 32 heavy (non-hydrogen) atoms. The van der Waals surface area contributed by atoms with E-state index in [2.05, 4.69) is 35.6 Å². The summed E-state index contributed by atoms with van der Waals surface area (Å²) in [6, 6.07) is 11.6. The summed E-state index contributed by atoms with van der Waals surface area (Å²) in [6.45, 7) is 1.95. The summed E-state index contributed by atoms with van der Waals surface area (Å²) < 4.78 is 18.4. The van der Waals surface area contributed by atoms with Crippen LogP contribution in [0.3, 0.4) is 0 Å². The molecule has 3 aromatic heterocycles. The number of rotatable bonds is 7. The Labute approximate surface area is 190 Å². The molecule has 0 spiro atoms. The molecule has 0 aliphatic carbocycles. The van der Waals surface area contributed by atoms with Crippen molar-refractivity contribution < 1.29 is 9.13 Å². The highest BCUT2D eigenvalue weighted by Gasteiger charge is 2.12. The fraction of sp³-hybridized carbons (Fsp3) is 0.136. The molecule has 3 heterocycles. The van der Waals surface area contributed by atoms with E-state index >= 15 is 0 Å². The van der Waals surface area contributed by atoms with Crippen LogP contribution in [0.15, 0.2) is 67.3 Å². The van der Waals surface area contributed by atoms with Gasteiger partial charge in [-0.15, -0.1) is 12.4 Å². The van der Waals surface area contributed by atoms with Crippen LogP contribution < -0.4 is 15.4 Å². The zero-order chi connectivity index (χ0) is 21.6. The van der Waals surface area contributed by atoms with Crippen LogP contribution in [-0.2, 0) is 0 Å². The van der Waals surface area contributed by atoms with Crippen molar-refractivity contribution in [3.05, 3.63) is 78.6 Å². The largest absolute Gasteiger partial charge is 0.481 e. The smallest absolute Gasteiger partial charge is 0.225 e. The average Bonchev–Trinajstić information content (AvgIpc) is 2.80. The van der Waals surface area contributed by atoms with Gasteiger partial charge in [-0.25, -0.2) is 19.3 Å². The molecule has 0 amide bonds. The third kappa shape index (κ3) is 5.64. The molecule has 0 saturated heterocycles. The summed E-state index contributed by atoms with van der Waals surface area (Å²) in [5.74, 6) is 1.72. The number of aromatic nitrogens is 5. The highest BCUT2D eigenvalue weighted by molar-refractivity contribution is 5.85. The third-order valence-electron chi connectivity index (χ3n) is 4.50. The molecule has 1 aromatic carbocycles. The van der Waals surface area contributed by atoms with E-state index in [1.807, 2.05) is 13.0 Å². The Balaban J connectivity index is 0.00000289. The van der Waals surface area contributed by atoms with Gasteiger partial charge in [0.25, 0.3) is 0 Å². The zero-order valence-corrected chi connectivity index (χ0v) is 18.2. The van der Waals surface area contributed by atoms with Gasteiger partial charge in [-0.3, -0.25) is 4.98 Å². The van der Waals surface area contributed by atoms with Crippen molar-refractivity contribution in [3.8, 4) is 17.1 Å². The summed E-state index contributed by atoms with van der Waals surface area (Å²) in [6.07, 6.45) is 6.47. The summed E-state index contributed by atoms with van der Waals surface area (Å²) in [7, 11) is 1.56. The lowest BCUT2D eigenvalue weighted by molar-refractivity contribution is 0.398. The van der Waals surface area contributed by atoms with Crippen molar-refractivity contribution in [2.24, 2.45) is 0 Å². The van der Waals surface area contributed by atoms with Crippen LogP contribution in [0.2, 0.25) is 0 Å². The number of benzene rings is 1. The first-order valence-electron chi connectivity index (χ1n) is 9.55. The molecule has 0 radical (unpaired) electrons. The van der Waals surface area contributed by atoms with Gasteiger partial charge in [-0.2, -0.15) is 4.98 Å². The van der Waals surface area contributed by atoms with Gasteiger partial charge in [0, 0.05) is 36.3 Å². The molecule has 0 aliphatic heterocycles. The van der Waals surface area contributed by atoms with Crippen molar-refractivity contribution in [1.29, 1.82) is 0 Å². The van der Waals surface area contributed by atoms with Crippen LogP contribution in [-0.4, -0.2) is 32.0 Å². The van der Waals surface area contributed by atoms with Gasteiger partial charge in [0.1, 0.15) is 17.5 Å². The first-order valence-corrected chi connectivity index (χ1v) is 9.55. The first kappa shape index (κ1) is 22.8. The fourth-order valence-electron chi connectivity index (χ4n) is 2.90. The van der Waals surface area contributed by atoms with Crippen molar-refractivity contribution >= 4 is 30.0 Å². The van der Waals surface area contributed by atoms with Crippen LogP contribution in [0, 0.1) is 5.82 Å². The van der Waals surface area contributed by atoms with Crippen molar-refractivity contribution in [2.45, 2.75) is 13.0 Å². The lowest BCUT2D eigenvalue weighted by Gasteiger charge is -2.16. The Morgan fingerprint density at radius 1 is 0.938 bits per heavy atom. The molecule has 0 bridgehead atoms. The first-order chi connectivity index (χ1) is 15.1. The van der Waals surface area contributed by atoms with E-state index in [0.29, 0.717) is 29.2 Å². The minimum Gasteiger partial charge on any atom is -0.481 e. The molecule has 8 nitrogen and oxygen atoms in total. The van der Waals surface area contributed by atoms with Gasteiger partial charge in [0.15, 0.2) is 0 Å². The minimum absolute atomic E-state index is 0. The summed E-state index contributed by atoms with van der Waals surface area (Å²) in [5, 5.41) is 6.41. The topological polar surface area (TPSA) is 97.7 Å². The van der Waals surface area contributed by atoms with E-state index in [9.17, 15) is 4.39 Å².